The van der Waals surface area contributed by atoms with Crippen LogP contribution in [0.25, 0.3) is 5.57 Å². The Balaban J connectivity index is 1.84. The molecule has 25 heavy (non-hydrogen) atoms. The summed E-state index contributed by atoms with van der Waals surface area (Å²) in [6.07, 6.45) is 1.50. The van der Waals surface area contributed by atoms with E-state index in [1.165, 1.54) is 6.20 Å². The molecule has 0 radical (unpaired) electrons. The van der Waals surface area contributed by atoms with Crippen molar-refractivity contribution in [2.45, 2.75) is 13.8 Å². The van der Waals surface area contributed by atoms with Crippen LogP contribution in [0.15, 0.2) is 51.6 Å². The van der Waals surface area contributed by atoms with E-state index in [1.807, 2.05) is 0 Å². The lowest BCUT2D eigenvalue weighted by Crippen LogP contribution is -2.15. The zero-order valence-electron chi connectivity index (χ0n) is 13.5. The van der Waals surface area contributed by atoms with Crippen molar-refractivity contribution in [1.29, 1.82) is 0 Å². The number of amides is 1. The molecule has 3 aromatic rings. The number of carbonyl (C=O) groups is 1. The lowest BCUT2D eigenvalue weighted by molar-refractivity contribution is -0.111. The third-order valence-electron chi connectivity index (χ3n) is 3.24. The average molecular weight is 359 g/mol. The summed E-state index contributed by atoms with van der Waals surface area (Å²) in [4.78, 5) is 12.7. The van der Waals surface area contributed by atoms with Gasteiger partial charge in [0, 0.05) is 29.0 Å². The number of rotatable bonds is 5. The molecule has 0 atom stereocenters. The van der Waals surface area contributed by atoms with Crippen molar-refractivity contribution >= 4 is 34.6 Å². The molecule has 0 saturated heterocycles. The molecule has 0 spiro atoms. The molecule has 2 N–H and O–H groups in total. The van der Waals surface area contributed by atoms with Gasteiger partial charge in [-0.25, -0.2) is 0 Å². The summed E-state index contributed by atoms with van der Waals surface area (Å²) in [6, 6.07) is 10.2. The third-order valence-corrected chi connectivity index (χ3v) is 3.49. The predicted octanol–water partition coefficient (Wildman–Crippen LogP) is 4.02. The Labute approximate surface area is 148 Å². The van der Waals surface area contributed by atoms with Gasteiger partial charge < -0.3 is 19.7 Å². The maximum Gasteiger partial charge on any atom is 0.259 e. The first-order chi connectivity index (χ1) is 12.0. The number of anilines is 2. The molecular weight excluding hydrogens is 344 g/mol. The fraction of sp³-hybridized carbons (Fsp3) is 0.118. The number of nitrogens with zero attached hydrogens (tertiary/aromatic N) is 2. The number of benzene rings is 1. The van der Waals surface area contributed by atoms with Crippen LogP contribution >= 0.6 is 11.6 Å². The lowest BCUT2D eigenvalue weighted by atomic mass is 10.1. The van der Waals surface area contributed by atoms with Crippen molar-refractivity contribution in [2.24, 2.45) is 0 Å². The standard InChI is InChI=1S/C17H15ClN4O3/c1-10-7-15(21-24-10)14(9-19-16-8-11(2)25-22-16)17(23)20-13-5-3-12(18)4-6-13/h3-9H,1-2H3,(H,19,22)(H,20,23)/b14-9-. The van der Waals surface area contributed by atoms with E-state index >= 15 is 0 Å². The monoisotopic (exact) mass is 358 g/mol. The van der Waals surface area contributed by atoms with Crippen molar-refractivity contribution in [3.63, 3.8) is 0 Å². The molecule has 3 rings (SSSR count). The SMILES string of the molecule is Cc1cc(N/C=C(\C(=O)Nc2ccc(Cl)cc2)c2cc(C)on2)no1. The van der Waals surface area contributed by atoms with Crippen LogP contribution in [0, 0.1) is 13.8 Å². The average Bonchev–Trinajstić information content (AvgIpc) is 3.18. The van der Waals surface area contributed by atoms with Crippen LogP contribution in [0.1, 0.15) is 17.2 Å². The van der Waals surface area contributed by atoms with E-state index in [4.69, 9.17) is 20.6 Å². The van der Waals surface area contributed by atoms with Crippen molar-refractivity contribution < 1.29 is 13.8 Å². The summed E-state index contributed by atoms with van der Waals surface area (Å²) in [5.41, 5.74) is 1.29. The number of halogens is 1. The van der Waals surface area contributed by atoms with Gasteiger partial charge >= 0.3 is 0 Å². The Morgan fingerprint density at radius 3 is 2.36 bits per heavy atom. The van der Waals surface area contributed by atoms with Gasteiger partial charge in [0.15, 0.2) is 5.82 Å². The minimum atomic E-state index is -0.358. The molecule has 0 aliphatic heterocycles. The maximum atomic E-state index is 12.7. The highest BCUT2D eigenvalue weighted by Gasteiger charge is 2.17. The van der Waals surface area contributed by atoms with E-state index in [0.717, 1.165) is 0 Å². The summed E-state index contributed by atoms with van der Waals surface area (Å²) >= 11 is 5.86. The number of aryl methyl sites for hydroxylation is 2. The highest BCUT2D eigenvalue weighted by molar-refractivity contribution is 6.30. The summed E-state index contributed by atoms with van der Waals surface area (Å²) < 4.78 is 10.1. The van der Waals surface area contributed by atoms with E-state index in [1.54, 1.807) is 50.2 Å². The normalized spacial score (nSPS) is 11.4. The smallest absolute Gasteiger partial charge is 0.259 e. The molecule has 7 nitrogen and oxygen atoms in total. The van der Waals surface area contributed by atoms with Crippen LogP contribution < -0.4 is 10.6 Å². The van der Waals surface area contributed by atoms with Crippen molar-refractivity contribution in [2.75, 3.05) is 10.6 Å². The van der Waals surface area contributed by atoms with Gasteiger partial charge in [0.2, 0.25) is 0 Å². The molecule has 8 heteroatoms. The van der Waals surface area contributed by atoms with Gasteiger partial charge in [-0.05, 0) is 38.1 Å². The highest BCUT2D eigenvalue weighted by Crippen LogP contribution is 2.19. The second kappa shape index (κ2) is 7.23. The Hall–Kier alpha value is -3.06. The number of aromatic nitrogens is 2. The lowest BCUT2D eigenvalue weighted by Gasteiger charge is -2.07. The Bertz CT molecular complexity index is 912. The third kappa shape index (κ3) is 4.27. The number of hydrogen-bond acceptors (Lipinski definition) is 6. The zero-order chi connectivity index (χ0) is 17.8. The topological polar surface area (TPSA) is 93.2 Å². The molecule has 1 amide bonds. The summed E-state index contributed by atoms with van der Waals surface area (Å²) in [7, 11) is 0. The summed E-state index contributed by atoms with van der Waals surface area (Å²) in [5.74, 6) is 1.37. The Kier molecular flexibility index (Phi) is 4.85. The van der Waals surface area contributed by atoms with Crippen molar-refractivity contribution in [3.8, 4) is 0 Å². The first kappa shape index (κ1) is 16.8. The minimum Gasteiger partial charge on any atom is -0.361 e. The minimum absolute atomic E-state index is 0.285. The Morgan fingerprint density at radius 2 is 1.76 bits per heavy atom. The van der Waals surface area contributed by atoms with E-state index in [-0.39, 0.29) is 11.5 Å². The van der Waals surface area contributed by atoms with Gasteiger partial charge in [-0.15, -0.1) is 0 Å². The largest absolute Gasteiger partial charge is 0.361 e. The van der Waals surface area contributed by atoms with Crippen LogP contribution in [0.4, 0.5) is 11.5 Å². The van der Waals surface area contributed by atoms with E-state index in [0.29, 0.717) is 33.7 Å². The van der Waals surface area contributed by atoms with Crippen molar-refractivity contribution in [3.05, 3.63) is 64.8 Å². The molecule has 0 fully saturated rings. The number of carbonyl (C=O) groups excluding carboxylic acids is 1. The second-order valence-corrected chi connectivity index (χ2v) is 5.75. The van der Waals surface area contributed by atoms with Gasteiger partial charge in [-0.3, -0.25) is 4.79 Å². The van der Waals surface area contributed by atoms with Gasteiger partial charge in [-0.2, -0.15) is 0 Å². The van der Waals surface area contributed by atoms with Crippen LogP contribution in [0.3, 0.4) is 0 Å². The molecule has 0 unspecified atom stereocenters. The van der Waals surface area contributed by atoms with Gasteiger partial charge in [0.05, 0.1) is 5.57 Å². The molecule has 128 valence electrons. The van der Waals surface area contributed by atoms with E-state index in [9.17, 15) is 4.79 Å². The fourth-order valence-electron chi connectivity index (χ4n) is 2.06. The molecule has 0 saturated carbocycles. The van der Waals surface area contributed by atoms with Crippen molar-refractivity contribution in [1.82, 2.24) is 10.3 Å². The Morgan fingerprint density at radius 1 is 1.08 bits per heavy atom. The van der Waals surface area contributed by atoms with Crippen LogP contribution in [0.5, 0.6) is 0 Å². The number of hydrogen-bond donors (Lipinski definition) is 2. The first-order valence-corrected chi connectivity index (χ1v) is 7.80. The van der Waals surface area contributed by atoms with E-state index < -0.39 is 0 Å². The maximum absolute atomic E-state index is 12.7. The summed E-state index contributed by atoms with van der Waals surface area (Å²) in [5, 5.41) is 14.0. The highest BCUT2D eigenvalue weighted by atomic mass is 35.5. The molecule has 0 bridgehead atoms. The van der Waals surface area contributed by atoms with Gasteiger partial charge in [-0.1, -0.05) is 21.9 Å². The summed E-state index contributed by atoms with van der Waals surface area (Å²) in [6.45, 7) is 3.52. The predicted molar refractivity (Wildman–Crippen MR) is 94.2 cm³/mol. The molecule has 1 aromatic carbocycles. The molecular formula is C17H15ClN4O3. The molecule has 2 heterocycles. The van der Waals surface area contributed by atoms with Gasteiger partial charge in [0.1, 0.15) is 17.2 Å². The zero-order valence-corrected chi connectivity index (χ0v) is 14.3. The van der Waals surface area contributed by atoms with Gasteiger partial charge in [0.25, 0.3) is 5.91 Å². The van der Waals surface area contributed by atoms with Crippen LogP contribution in [-0.2, 0) is 4.79 Å². The second-order valence-electron chi connectivity index (χ2n) is 5.31. The van der Waals surface area contributed by atoms with Crippen LogP contribution in [-0.4, -0.2) is 16.2 Å². The fourth-order valence-corrected chi connectivity index (χ4v) is 2.19. The molecule has 0 aliphatic carbocycles. The quantitative estimate of drug-likeness (QED) is 0.669. The molecule has 2 aromatic heterocycles. The first-order valence-electron chi connectivity index (χ1n) is 7.42. The van der Waals surface area contributed by atoms with E-state index in [2.05, 4.69) is 20.9 Å². The van der Waals surface area contributed by atoms with Crippen LogP contribution in [0.2, 0.25) is 5.02 Å². The number of nitrogens with one attached hydrogen (secondary N) is 2. The molecule has 0 aliphatic rings.